The first kappa shape index (κ1) is 17.7. The molecule has 2 aliphatic rings. The third-order valence-electron chi connectivity index (χ3n) is 4.68. The molecule has 0 unspecified atom stereocenters. The van der Waals surface area contributed by atoms with E-state index in [1.54, 1.807) is 19.0 Å². The maximum atomic E-state index is 12.3. The standard InChI is InChI=1S/C17H28N6O2/c1-20(2)15-13-5-7-23(17(24)21(3)4)8-6-14(13)18-16(19-15)22-9-11-25-12-10-22/h5-12H2,1-4H3. The van der Waals surface area contributed by atoms with Crippen molar-refractivity contribution < 1.29 is 9.53 Å². The summed E-state index contributed by atoms with van der Waals surface area (Å²) in [5.74, 6) is 1.74. The largest absolute Gasteiger partial charge is 0.378 e. The SMILES string of the molecule is CN(C)C(=O)N1CCc2nc(N3CCOCC3)nc(N(C)C)c2CC1. The molecule has 0 N–H and O–H groups in total. The fourth-order valence-electron chi connectivity index (χ4n) is 3.32. The molecular formula is C17H28N6O2. The van der Waals surface area contributed by atoms with Crippen molar-refractivity contribution >= 4 is 17.8 Å². The van der Waals surface area contributed by atoms with Crippen LogP contribution in [0.15, 0.2) is 0 Å². The van der Waals surface area contributed by atoms with Gasteiger partial charge in [-0.15, -0.1) is 0 Å². The number of hydrogen-bond donors (Lipinski definition) is 0. The van der Waals surface area contributed by atoms with Crippen molar-refractivity contribution in [2.75, 3.05) is 77.4 Å². The summed E-state index contributed by atoms with van der Waals surface area (Å²) >= 11 is 0. The van der Waals surface area contributed by atoms with E-state index < -0.39 is 0 Å². The molecule has 3 heterocycles. The second kappa shape index (κ2) is 7.43. The number of fused-ring (bicyclic) bond motifs is 1. The van der Waals surface area contributed by atoms with Crippen molar-refractivity contribution in [1.82, 2.24) is 19.8 Å². The summed E-state index contributed by atoms with van der Waals surface area (Å²) in [6, 6.07) is 0.0561. The molecule has 0 saturated carbocycles. The van der Waals surface area contributed by atoms with E-state index in [0.29, 0.717) is 26.3 Å². The summed E-state index contributed by atoms with van der Waals surface area (Å²) in [5, 5.41) is 0. The van der Waals surface area contributed by atoms with Crippen molar-refractivity contribution in [2.45, 2.75) is 12.8 Å². The number of nitrogens with zero attached hydrogens (tertiary/aromatic N) is 6. The molecule has 0 spiro atoms. The molecule has 3 rings (SSSR count). The van der Waals surface area contributed by atoms with Gasteiger partial charge in [-0.05, 0) is 6.42 Å². The number of aromatic nitrogens is 2. The molecule has 1 saturated heterocycles. The van der Waals surface area contributed by atoms with Crippen molar-refractivity contribution in [1.29, 1.82) is 0 Å². The van der Waals surface area contributed by atoms with Crippen LogP contribution in [0, 0.1) is 0 Å². The molecule has 1 fully saturated rings. The quantitative estimate of drug-likeness (QED) is 0.774. The fourth-order valence-corrected chi connectivity index (χ4v) is 3.32. The Bertz CT molecular complexity index is 628. The van der Waals surface area contributed by atoms with Crippen LogP contribution in [0.25, 0.3) is 0 Å². The van der Waals surface area contributed by atoms with Crippen molar-refractivity contribution in [2.24, 2.45) is 0 Å². The van der Waals surface area contributed by atoms with Gasteiger partial charge in [-0.2, -0.15) is 4.98 Å². The molecule has 0 radical (unpaired) electrons. The number of anilines is 2. The molecule has 8 nitrogen and oxygen atoms in total. The Morgan fingerprint density at radius 2 is 1.68 bits per heavy atom. The van der Waals surface area contributed by atoms with Crippen LogP contribution >= 0.6 is 0 Å². The summed E-state index contributed by atoms with van der Waals surface area (Å²) in [6.45, 7) is 4.45. The molecule has 0 atom stereocenters. The van der Waals surface area contributed by atoms with Crippen LogP contribution in [-0.2, 0) is 17.6 Å². The van der Waals surface area contributed by atoms with Crippen LogP contribution in [0.4, 0.5) is 16.6 Å². The maximum absolute atomic E-state index is 12.3. The van der Waals surface area contributed by atoms with Gasteiger partial charge in [0.25, 0.3) is 0 Å². The van der Waals surface area contributed by atoms with Crippen LogP contribution in [0.1, 0.15) is 11.3 Å². The molecule has 8 heteroatoms. The first-order chi connectivity index (χ1) is 12.0. The van der Waals surface area contributed by atoms with Gasteiger partial charge in [0.05, 0.1) is 18.9 Å². The highest BCUT2D eigenvalue weighted by Crippen LogP contribution is 2.26. The zero-order chi connectivity index (χ0) is 18.0. The number of morpholine rings is 1. The average molecular weight is 348 g/mol. The number of rotatable bonds is 2. The van der Waals surface area contributed by atoms with Crippen molar-refractivity contribution in [3.8, 4) is 0 Å². The Morgan fingerprint density at radius 1 is 1.00 bits per heavy atom. The Balaban J connectivity index is 1.90. The summed E-state index contributed by atoms with van der Waals surface area (Å²) in [5.41, 5.74) is 2.23. The Morgan fingerprint density at radius 3 is 2.32 bits per heavy atom. The Hall–Kier alpha value is -2.09. The lowest BCUT2D eigenvalue weighted by Crippen LogP contribution is -2.40. The van der Waals surface area contributed by atoms with Crippen LogP contribution < -0.4 is 9.80 Å². The average Bonchev–Trinajstić information content (AvgIpc) is 2.83. The second-order valence-electron chi connectivity index (χ2n) is 6.93. The summed E-state index contributed by atoms with van der Waals surface area (Å²) in [6.07, 6.45) is 1.54. The second-order valence-corrected chi connectivity index (χ2v) is 6.93. The third kappa shape index (κ3) is 3.78. The summed E-state index contributed by atoms with van der Waals surface area (Å²) in [4.78, 5) is 29.8. The number of carbonyl (C=O) groups excluding carboxylic acids is 1. The van der Waals surface area contributed by atoms with E-state index in [9.17, 15) is 4.79 Å². The molecule has 0 bridgehead atoms. The lowest BCUT2D eigenvalue weighted by atomic mass is 10.1. The normalized spacial score (nSPS) is 17.8. The molecule has 1 aromatic rings. The molecule has 138 valence electrons. The van der Waals surface area contributed by atoms with Gasteiger partial charge in [0, 0.05) is 66.4 Å². The van der Waals surface area contributed by atoms with Crippen LogP contribution in [-0.4, -0.2) is 93.4 Å². The van der Waals surface area contributed by atoms with Crippen molar-refractivity contribution in [3.05, 3.63) is 11.3 Å². The Labute approximate surface area is 149 Å². The molecule has 2 aliphatic heterocycles. The highest BCUT2D eigenvalue weighted by atomic mass is 16.5. The molecule has 2 amide bonds. The van der Waals surface area contributed by atoms with E-state index in [4.69, 9.17) is 14.7 Å². The predicted octanol–water partition coefficient (Wildman–Crippen LogP) is 0.461. The van der Waals surface area contributed by atoms with Crippen molar-refractivity contribution in [3.63, 3.8) is 0 Å². The first-order valence-electron chi connectivity index (χ1n) is 8.83. The van der Waals surface area contributed by atoms with E-state index in [1.807, 2.05) is 23.9 Å². The van der Waals surface area contributed by atoms with Crippen LogP contribution in [0.2, 0.25) is 0 Å². The topological polar surface area (TPSA) is 65.0 Å². The van der Waals surface area contributed by atoms with Crippen LogP contribution in [0.3, 0.4) is 0 Å². The van der Waals surface area contributed by atoms with E-state index >= 15 is 0 Å². The van der Waals surface area contributed by atoms with Gasteiger partial charge in [-0.25, -0.2) is 9.78 Å². The molecular weight excluding hydrogens is 320 g/mol. The minimum absolute atomic E-state index is 0.0561. The van der Waals surface area contributed by atoms with E-state index in [2.05, 4.69) is 4.90 Å². The highest BCUT2D eigenvalue weighted by Gasteiger charge is 2.25. The highest BCUT2D eigenvalue weighted by molar-refractivity contribution is 5.74. The van der Waals surface area contributed by atoms with E-state index in [1.165, 1.54) is 0 Å². The fraction of sp³-hybridized carbons (Fsp3) is 0.706. The lowest BCUT2D eigenvalue weighted by Gasteiger charge is -2.28. The molecule has 25 heavy (non-hydrogen) atoms. The van der Waals surface area contributed by atoms with Gasteiger partial charge in [-0.3, -0.25) is 0 Å². The zero-order valence-corrected chi connectivity index (χ0v) is 15.7. The number of urea groups is 1. The predicted molar refractivity (Wildman–Crippen MR) is 97.5 cm³/mol. The molecule has 0 aromatic carbocycles. The zero-order valence-electron chi connectivity index (χ0n) is 15.7. The van der Waals surface area contributed by atoms with Gasteiger partial charge in [0.1, 0.15) is 5.82 Å². The maximum Gasteiger partial charge on any atom is 0.319 e. The van der Waals surface area contributed by atoms with Gasteiger partial charge in [-0.1, -0.05) is 0 Å². The smallest absolute Gasteiger partial charge is 0.319 e. The minimum Gasteiger partial charge on any atom is -0.378 e. The summed E-state index contributed by atoms with van der Waals surface area (Å²) < 4.78 is 5.44. The van der Waals surface area contributed by atoms with Gasteiger partial charge >= 0.3 is 6.03 Å². The van der Waals surface area contributed by atoms with Crippen LogP contribution in [0.5, 0.6) is 0 Å². The third-order valence-corrected chi connectivity index (χ3v) is 4.68. The van der Waals surface area contributed by atoms with E-state index in [0.717, 1.165) is 49.0 Å². The van der Waals surface area contributed by atoms with Gasteiger partial charge in [0.2, 0.25) is 5.95 Å². The van der Waals surface area contributed by atoms with Gasteiger partial charge < -0.3 is 24.3 Å². The number of ether oxygens (including phenoxy) is 1. The summed E-state index contributed by atoms with van der Waals surface area (Å²) in [7, 11) is 7.61. The minimum atomic E-state index is 0.0561. The number of hydrogen-bond acceptors (Lipinski definition) is 6. The monoisotopic (exact) mass is 348 g/mol. The number of amides is 2. The number of carbonyl (C=O) groups is 1. The van der Waals surface area contributed by atoms with Gasteiger partial charge in [0.15, 0.2) is 0 Å². The van der Waals surface area contributed by atoms with E-state index in [-0.39, 0.29) is 6.03 Å². The molecule has 1 aromatic heterocycles. The lowest BCUT2D eigenvalue weighted by molar-refractivity contribution is 0.122. The Kier molecular flexibility index (Phi) is 5.27. The first-order valence-corrected chi connectivity index (χ1v) is 8.83. The molecule has 0 aliphatic carbocycles.